The van der Waals surface area contributed by atoms with Crippen LogP contribution in [0.15, 0.2) is 30.3 Å². The van der Waals surface area contributed by atoms with E-state index < -0.39 is 0 Å². The topological polar surface area (TPSA) is 58.2 Å². The standard InChI is InChI=1S/C20H24N2O2S/c1-20(2,3)22-18(24)16-14-11-7-8-12-15(14)25-19(16)21-17(23)13-9-5-4-6-10-13/h4-6,9-10H,7-8,11-12H2,1-3H3,(H,21,23)(H,22,24). The van der Waals surface area contributed by atoms with Crippen LogP contribution in [0.4, 0.5) is 5.00 Å². The van der Waals surface area contributed by atoms with Gasteiger partial charge in [-0.3, -0.25) is 9.59 Å². The van der Waals surface area contributed by atoms with Crippen molar-refractivity contribution in [3.8, 4) is 0 Å². The van der Waals surface area contributed by atoms with Crippen molar-refractivity contribution < 1.29 is 9.59 Å². The maximum atomic E-state index is 12.9. The highest BCUT2D eigenvalue weighted by Gasteiger charge is 2.28. The summed E-state index contributed by atoms with van der Waals surface area (Å²) in [7, 11) is 0. The number of carbonyl (C=O) groups is 2. The average molecular weight is 356 g/mol. The van der Waals surface area contributed by atoms with Gasteiger partial charge in [-0.05, 0) is 64.2 Å². The second-order valence-electron chi connectivity index (χ2n) is 7.44. The fourth-order valence-electron chi connectivity index (χ4n) is 3.06. The predicted molar refractivity (Wildman–Crippen MR) is 103 cm³/mol. The van der Waals surface area contributed by atoms with Crippen molar-refractivity contribution >= 4 is 28.2 Å². The SMILES string of the molecule is CC(C)(C)NC(=O)c1c(NC(=O)c2ccccc2)sc2c1CCCC2. The third-order valence-corrected chi connectivity index (χ3v) is 5.36. The van der Waals surface area contributed by atoms with Gasteiger partial charge in [0.15, 0.2) is 0 Å². The third kappa shape index (κ3) is 4.10. The molecule has 0 bridgehead atoms. The smallest absolute Gasteiger partial charge is 0.256 e. The van der Waals surface area contributed by atoms with Crippen LogP contribution in [0.3, 0.4) is 0 Å². The lowest BCUT2D eigenvalue weighted by Gasteiger charge is -2.22. The molecule has 0 radical (unpaired) electrons. The molecule has 2 amide bonds. The number of carbonyl (C=O) groups excluding carboxylic acids is 2. The molecule has 0 atom stereocenters. The molecule has 0 unspecified atom stereocenters. The second-order valence-corrected chi connectivity index (χ2v) is 8.54. The van der Waals surface area contributed by atoms with Crippen molar-refractivity contribution in [2.45, 2.75) is 52.0 Å². The molecular formula is C20H24N2O2S. The Morgan fingerprint density at radius 1 is 1.00 bits per heavy atom. The summed E-state index contributed by atoms with van der Waals surface area (Å²) in [5.74, 6) is -0.278. The number of hydrogen-bond acceptors (Lipinski definition) is 3. The lowest BCUT2D eigenvalue weighted by molar-refractivity contribution is 0.0919. The number of thiophene rings is 1. The Kier molecular flexibility index (Phi) is 4.95. The zero-order valence-electron chi connectivity index (χ0n) is 14.9. The Balaban J connectivity index is 1.94. The van der Waals surface area contributed by atoms with Gasteiger partial charge in [-0.25, -0.2) is 0 Å². The van der Waals surface area contributed by atoms with E-state index in [1.807, 2.05) is 39.0 Å². The van der Waals surface area contributed by atoms with E-state index in [0.717, 1.165) is 31.2 Å². The number of anilines is 1. The molecule has 4 nitrogen and oxygen atoms in total. The Bertz CT molecular complexity index is 788. The molecule has 5 heteroatoms. The fourth-order valence-corrected chi connectivity index (χ4v) is 4.34. The van der Waals surface area contributed by atoms with Crippen LogP contribution < -0.4 is 10.6 Å². The van der Waals surface area contributed by atoms with E-state index in [-0.39, 0.29) is 17.4 Å². The lowest BCUT2D eigenvalue weighted by Crippen LogP contribution is -2.41. The van der Waals surface area contributed by atoms with E-state index in [4.69, 9.17) is 0 Å². The number of hydrogen-bond donors (Lipinski definition) is 2. The van der Waals surface area contributed by atoms with Crippen molar-refractivity contribution in [2.24, 2.45) is 0 Å². The van der Waals surface area contributed by atoms with Gasteiger partial charge in [0.25, 0.3) is 11.8 Å². The highest BCUT2D eigenvalue weighted by Crippen LogP contribution is 2.38. The largest absolute Gasteiger partial charge is 0.347 e. The number of fused-ring (bicyclic) bond motifs is 1. The predicted octanol–water partition coefficient (Wildman–Crippen LogP) is 4.41. The molecule has 1 aliphatic rings. The van der Waals surface area contributed by atoms with Crippen molar-refractivity contribution in [3.63, 3.8) is 0 Å². The molecule has 3 rings (SSSR count). The van der Waals surface area contributed by atoms with Crippen LogP contribution in [-0.2, 0) is 12.8 Å². The summed E-state index contributed by atoms with van der Waals surface area (Å²) in [6.45, 7) is 5.89. The highest BCUT2D eigenvalue weighted by atomic mass is 32.1. The summed E-state index contributed by atoms with van der Waals surface area (Å²) < 4.78 is 0. The second kappa shape index (κ2) is 7.00. The molecule has 2 N–H and O–H groups in total. The van der Waals surface area contributed by atoms with Gasteiger partial charge in [-0.2, -0.15) is 0 Å². The molecule has 1 aliphatic carbocycles. The molecule has 1 aromatic carbocycles. The molecule has 0 saturated heterocycles. The molecule has 1 aromatic heterocycles. The first-order valence-corrected chi connectivity index (χ1v) is 9.50. The Hall–Kier alpha value is -2.14. The summed E-state index contributed by atoms with van der Waals surface area (Å²) >= 11 is 1.55. The van der Waals surface area contributed by atoms with Gasteiger partial charge in [0.1, 0.15) is 5.00 Å². The first-order chi connectivity index (χ1) is 11.8. The van der Waals surface area contributed by atoms with E-state index in [1.165, 1.54) is 4.88 Å². The van der Waals surface area contributed by atoms with Crippen LogP contribution in [0.25, 0.3) is 0 Å². The molecule has 2 aromatic rings. The van der Waals surface area contributed by atoms with Crippen LogP contribution >= 0.6 is 11.3 Å². The quantitative estimate of drug-likeness (QED) is 0.856. The average Bonchev–Trinajstić information content (AvgIpc) is 2.92. The molecule has 0 spiro atoms. The highest BCUT2D eigenvalue weighted by molar-refractivity contribution is 7.17. The number of rotatable bonds is 3. The minimum Gasteiger partial charge on any atom is -0.347 e. The van der Waals surface area contributed by atoms with Crippen LogP contribution in [0.1, 0.15) is 64.8 Å². The lowest BCUT2D eigenvalue weighted by atomic mass is 9.94. The maximum absolute atomic E-state index is 12.9. The van der Waals surface area contributed by atoms with Crippen molar-refractivity contribution in [1.29, 1.82) is 0 Å². The molecule has 1 heterocycles. The van der Waals surface area contributed by atoms with Crippen molar-refractivity contribution in [2.75, 3.05) is 5.32 Å². The van der Waals surface area contributed by atoms with Crippen molar-refractivity contribution in [1.82, 2.24) is 5.32 Å². The summed E-state index contributed by atoms with van der Waals surface area (Å²) in [6, 6.07) is 9.10. The summed E-state index contributed by atoms with van der Waals surface area (Å²) in [6.07, 6.45) is 4.11. The molecule has 0 saturated carbocycles. The third-order valence-electron chi connectivity index (χ3n) is 4.15. The van der Waals surface area contributed by atoms with Gasteiger partial charge in [0, 0.05) is 16.0 Å². The van der Waals surface area contributed by atoms with E-state index in [9.17, 15) is 9.59 Å². The molecule has 0 aliphatic heterocycles. The van der Waals surface area contributed by atoms with Gasteiger partial charge < -0.3 is 10.6 Å². The zero-order valence-corrected chi connectivity index (χ0v) is 15.8. The number of aryl methyl sites for hydroxylation is 1. The summed E-state index contributed by atoms with van der Waals surface area (Å²) in [4.78, 5) is 26.7. The number of benzene rings is 1. The zero-order chi connectivity index (χ0) is 18.0. The minimum absolute atomic E-state index is 0.102. The number of amides is 2. The molecule has 0 fully saturated rings. The Labute approximate surface area is 152 Å². The van der Waals surface area contributed by atoms with E-state index >= 15 is 0 Å². The van der Waals surface area contributed by atoms with E-state index in [0.29, 0.717) is 16.1 Å². The van der Waals surface area contributed by atoms with Gasteiger partial charge >= 0.3 is 0 Å². The fraction of sp³-hybridized carbons (Fsp3) is 0.400. The summed E-state index contributed by atoms with van der Waals surface area (Å²) in [5, 5.41) is 6.68. The molecular weight excluding hydrogens is 332 g/mol. The monoisotopic (exact) mass is 356 g/mol. The maximum Gasteiger partial charge on any atom is 0.256 e. The van der Waals surface area contributed by atoms with Gasteiger partial charge in [-0.15, -0.1) is 11.3 Å². The normalized spacial score (nSPS) is 13.9. The van der Waals surface area contributed by atoms with Gasteiger partial charge in [-0.1, -0.05) is 18.2 Å². The first kappa shape index (κ1) is 17.7. The van der Waals surface area contributed by atoms with Crippen LogP contribution in [0.2, 0.25) is 0 Å². The van der Waals surface area contributed by atoms with Crippen LogP contribution in [0.5, 0.6) is 0 Å². The van der Waals surface area contributed by atoms with Crippen LogP contribution in [-0.4, -0.2) is 17.4 Å². The van der Waals surface area contributed by atoms with Crippen LogP contribution in [0, 0.1) is 0 Å². The van der Waals surface area contributed by atoms with Gasteiger partial charge in [0.05, 0.1) is 5.56 Å². The minimum atomic E-state index is -0.318. The molecule has 132 valence electrons. The van der Waals surface area contributed by atoms with E-state index in [1.54, 1.807) is 23.5 Å². The van der Waals surface area contributed by atoms with Crippen molar-refractivity contribution in [3.05, 3.63) is 51.9 Å². The Morgan fingerprint density at radius 3 is 2.36 bits per heavy atom. The van der Waals surface area contributed by atoms with Gasteiger partial charge in [0.2, 0.25) is 0 Å². The number of nitrogens with one attached hydrogen (secondary N) is 2. The Morgan fingerprint density at radius 2 is 1.68 bits per heavy atom. The first-order valence-electron chi connectivity index (χ1n) is 8.68. The summed E-state index contributed by atoms with van der Waals surface area (Å²) in [5.41, 5.74) is 2.04. The van der Waals surface area contributed by atoms with E-state index in [2.05, 4.69) is 10.6 Å². The molecule has 25 heavy (non-hydrogen) atoms.